The Labute approximate surface area is 182 Å². The van der Waals surface area contributed by atoms with E-state index in [1.807, 2.05) is 68.4 Å². The molecule has 1 heterocycles. The Hall–Kier alpha value is -3.35. The van der Waals surface area contributed by atoms with Crippen LogP contribution in [-0.4, -0.2) is 30.5 Å². The molecule has 1 fully saturated rings. The molecule has 0 bridgehead atoms. The number of hydrogen-bond donors (Lipinski definition) is 2. The quantitative estimate of drug-likeness (QED) is 0.681. The lowest BCUT2D eigenvalue weighted by atomic mass is 10.0. The van der Waals surface area contributed by atoms with Crippen molar-refractivity contribution >= 4 is 23.6 Å². The first-order valence-electron chi connectivity index (χ1n) is 10.6. The van der Waals surface area contributed by atoms with E-state index < -0.39 is 12.1 Å². The van der Waals surface area contributed by atoms with Crippen LogP contribution < -0.4 is 15.5 Å². The second-order valence-corrected chi connectivity index (χ2v) is 7.96. The molecular formula is C24H29N3O4. The van der Waals surface area contributed by atoms with Gasteiger partial charge in [0, 0.05) is 25.2 Å². The number of alkyl carbamates (subject to hydrolysis) is 1. The third-order valence-corrected chi connectivity index (χ3v) is 5.22. The van der Waals surface area contributed by atoms with E-state index in [0.29, 0.717) is 13.0 Å². The number of rotatable bonds is 8. The number of amides is 3. The van der Waals surface area contributed by atoms with Gasteiger partial charge in [-0.25, -0.2) is 4.79 Å². The highest BCUT2D eigenvalue weighted by atomic mass is 16.5. The van der Waals surface area contributed by atoms with Gasteiger partial charge < -0.3 is 20.3 Å². The lowest BCUT2D eigenvalue weighted by molar-refractivity contribution is -0.124. The minimum absolute atomic E-state index is 0.104. The van der Waals surface area contributed by atoms with E-state index in [9.17, 15) is 14.4 Å². The average molecular weight is 424 g/mol. The SMILES string of the molecule is CC(C)[C@H](NC(=O)OCc1ccccc1)C(=O)NCc1ccc(N2CCCC2=O)cc1. The topological polar surface area (TPSA) is 87.7 Å². The predicted octanol–water partition coefficient (Wildman–Crippen LogP) is 3.38. The molecule has 0 saturated carbocycles. The van der Waals surface area contributed by atoms with Gasteiger partial charge in [0.15, 0.2) is 0 Å². The smallest absolute Gasteiger partial charge is 0.408 e. The molecule has 1 aliphatic rings. The Morgan fingerprint density at radius 3 is 2.35 bits per heavy atom. The van der Waals surface area contributed by atoms with Gasteiger partial charge in [0.1, 0.15) is 12.6 Å². The standard InChI is InChI=1S/C24H29N3O4/c1-17(2)22(26-24(30)31-16-19-7-4-3-5-8-19)23(29)25-15-18-10-12-20(13-11-18)27-14-6-9-21(27)28/h3-5,7-8,10-13,17,22H,6,9,14-16H2,1-2H3,(H,25,29)(H,26,30)/t22-/m0/s1. The molecule has 3 amide bonds. The highest BCUT2D eigenvalue weighted by Gasteiger charge is 2.25. The molecule has 0 radical (unpaired) electrons. The molecule has 2 aromatic carbocycles. The Kier molecular flexibility index (Phi) is 7.65. The molecule has 0 unspecified atom stereocenters. The monoisotopic (exact) mass is 423 g/mol. The summed E-state index contributed by atoms with van der Waals surface area (Å²) in [7, 11) is 0. The molecule has 164 valence electrons. The fraction of sp³-hybridized carbons (Fsp3) is 0.375. The first-order valence-corrected chi connectivity index (χ1v) is 10.6. The van der Waals surface area contributed by atoms with Gasteiger partial charge in [-0.05, 0) is 35.6 Å². The zero-order valence-electron chi connectivity index (χ0n) is 18.0. The second-order valence-electron chi connectivity index (χ2n) is 7.96. The van der Waals surface area contributed by atoms with Crippen molar-refractivity contribution in [3.8, 4) is 0 Å². The van der Waals surface area contributed by atoms with Gasteiger partial charge in [-0.3, -0.25) is 9.59 Å². The van der Waals surface area contributed by atoms with Gasteiger partial charge in [0.05, 0.1) is 0 Å². The van der Waals surface area contributed by atoms with Crippen LogP contribution in [0.1, 0.15) is 37.8 Å². The number of benzene rings is 2. The summed E-state index contributed by atoms with van der Waals surface area (Å²) in [6.45, 7) is 4.95. The summed E-state index contributed by atoms with van der Waals surface area (Å²) in [6, 6.07) is 16.2. The van der Waals surface area contributed by atoms with E-state index in [1.165, 1.54) is 0 Å². The molecule has 0 aromatic heterocycles. The molecule has 1 aliphatic heterocycles. The molecule has 7 heteroatoms. The van der Waals surface area contributed by atoms with Crippen LogP contribution in [0.2, 0.25) is 0 Å². The number of carbonyl (C=O) groups excluding carboxylic acids is 3. The predicted molar refractivity (Wildman–Crippen MR) is 118 cm³/mol. The molecule has 3 rings (SSSR count). The molecule has 31 heavy (non-hydrogen) atoms. The Morgan fingerprint density at radius 1 is 1.03 bits per heavy atom. The van der Waals surface area contributed by atoms with Gasteiger partial charge in [-0.15, -0.1) is 0 Å². The van der Waals surface area contributed by atoms with Crippen LogP contribution in [0.5, 0.6) is 0 Å². The Balaban J connectivity index is 1.49. The van der Waals surface area contributed by atoms with Crippen molar-refractivity contribution in [2.24, 2.45) is 5.92 Å². The summed E-state index contributed by atoms with van der Waals surface area (Å²) in [4.78, 5) is 38.4. The van der Waals surface area contributed by atoms with Gasteiger partial charge in [0.25, 0.3) is 0 Å². The molecule has 7 nitrogen and oxygen atoms in total. The Morgan fingerprint density at radius 2 is 1.74 bits per heavy atom. The molecular weight excluding hydrogens is 394 g/mol. The van der Waals surface area contributed by atoms with Crippen LogP contribution in [0.25, 0.3) is 0 Å². The summed E-state index contributed by atoms with van der Waals surface area (Å²) >= 11 is 0. The van der Waals surface area contributed by atoms with Crippen molar-refractivity contribution in [2.75, 3.05) is 11.4 Å². The van der Waals surface area contributed by atoms with Gasteiger partial charge >= 0.3 is 6.09 Å². The summed E-state index contributed by atoms with van der Waals surface area (Å²) in [5.74, 6) is -0.232. The van der Waals surface area contributed by atoms with Crippen molar-refractivity contribution in [1.29, 1.82) is 0 Å². The van der Waals surface area contributed by atoms with E-state index in [-0.39, 0.29) is 24.3 Å². The molecule has 0 spiro atoms. The Bertz CT molecular complexity index is 897. The van der Waals surface area contributed by atoms with E-state index in [1.54, 1.807) is 4.90 Å². The second kappa shape index (κ2) is 10.6. The first-order chi connectivity index (χ1) is 14.9. The molecule has 1 atom stereocenters. The van der Waals surface area contributed by atoms with Crippen LogP contribution in [-0.2, 0) is 27.5 Å². The zero-order valence-corrected chi connectivity index (χ0v) is 18.0. The molecule has 2 aromatic rings. The van der Waals surface area contributed by atoms with Crippen LogP contribution in [0.4, 0.5) is 10.5 Å². The van der Waals surface area contributed by atoms with E-state index in [2.05, 4.69) is 10.6 Å². The normalized spacial score (nSPS) is 14.4. The molecule has 1 saturated heterocycles. The van der Waals surface area contributed by atoms with E-state index in [4.69, 9.17) is 4.74 Å². The number of nitrogens with one attached hydrogen (secondary N) is 2. The number of anilines is 1. The molecule has 2 N–H and O–H groups in total. The van der Waals surface area contributed by atoms with Crippen molar-refractivity contribution in [3.05, 3.63) is 65.7 Å². The first kappa shape index (κ1) is 22.3. The van der Waals surface area contributed by atoms with Crippen LogP contribution >= 0.6 is 0 Å². The summed E-state index contributed by atoms with van der Waals surface area (Å²) in [5, 5.41) is 5.52. The largest absolute Gasteiger partial charge is 0.445 e. The number of hydrogen-bond acceptors (Lipinski definition) is 4. The fourth-order valence-electron chi connectivity index (χ4n) is 3.44. The van der Waals surface area contributed by atoms with Crippen molar-refractivity contribution in [1.82, 2.24) is 10.6 Å². The maximum Gasteiger partial charge on any atom is 0.408 e. The zero-order chi connectivity index (χ0) is 22.2. The maximum absolute atomic E-state index is 12.7. The minimum Gasteiger partial charge on any atom is -0.445 e. The highest BCUT2D eigenvalue weighted by molar-refractivity contribution is 5.95. The van der Waals surface area contributed by atoms with Crippen molar-refractivity contribution < 1.29 is 19.1 Å². The number of carbonyl (C=O) groups is 3. The maximum atomic E-state index is 12.7. The van der Waals surface area contributed by atoms with Crippen LogP contribution in [0.3, 0.4) is 0 Å². The van der Waals surface area contributed by atoms with Crippen LogP contribution in [0, 0.1) is 5.92 Å². The minimum atomic E-state index is -0.704. The third kappa shape index (κ3) is 6.31. The molecule has 0 aliphatic carbocycles. The van der Waals surface area contributed by atoms with Gasteiger partial charge in [-0.1, -0.05) is 56.3 Å². The van der Waals surface area contributed by atoms with Crippen molar-refractivity contribution in [2.45, 2.75) is 45.9 Å². The summed E-state index contributed by atoms with van der Waals surface area (Å²) in [6.07, 6.45) is 0.848. The fourth-order valence-corrected chi connectivity index (χ4v) is 3.44. The lowest BCUT2D eigenvalue weighted by Gasteiger charge is -2.21. The summed E-state index contributed by atoms with van der Waals surface area (Å²) in [5.41, 5.74) is 2.67. The van der Waals surface area contributed by atoms with E-state index in [0.717, 1.165) is 29.8 Å². The highest BCUT2D eigenvalue weighted by Crippen LogP contribution is 2.21. The van der Waals surface area contributed by atoms with E-state index >= 15 is 0 Å². The average Bonchev–Trinajstić information content (AvgIpc) is 3.21. The lowest BCUT2D eigenvalue weighted by Crippen LogP contribution is -2.49. The number of nitrogens with zero attached hydrogens (tertiary/aromatic N) is 1. The van der Waals surface area contributed by atoms with Gasteiger partial charge in [-0.2, -0.15) is 0 Å². The summed E-state index contributed by atoms with van der Waals surface area (Å²) < 4.78 is 5.23. The van der Waals surface area contributed by atoms with Crippen molar-refractivity contribution in [3.63, 3.8) is 0 Å². The number of ether oxygens (including phenoxy) is 1. The van der Waals surface area contributed by atoms with Crippen LogP contribution in [0.15, 0.2) is 54.6 Å². The van der Waals surface area contributed by atoms with Gasteiger partial charge in [0.2, 0.25) is 11.8 Å². The third-order valence-electron chi connectivity index (χ3n) is 5.22.